The van der Waals surface area contributed by atoms with Gasteiger partial charge in [-0.2, -0.15) is 5.10 Å². The van der Waals surface area contributed by atoms with Crippen molar-refractivity contribution in [2.45, 2.75) is 20.0 Å². The summed E-state index contributed by atoms with van der Waals surface area (Å²) in [6, 6.07) is 7.39. The second kappa shape index (κ2) is 6.49. The number of pyridine rings is 1. The van der Waals surface area contributed by atoms with Crippen molar-refractivity contribution < 1.29 is 9.53 Å². The van der Waals surface area contributed by atoms with Crippen molar-refractivity contribution in [1.82, 2.24) is 14.3 Å². The number of carbonyl (C=O) groups is 1. The Morgan fingerprint density at radius 2 is 2.00 bits per heavy atom. The molecule has 24 heavy (non-hydrogen) atoms. The molecule has 2 aromatic heterocycles. The molecular formula is C17H16ClN3O3. The van der Waals surface area contributed by atoms with Gasteiger partial charge < -0.3 is 9.30 Å². The van der Waals surface area contributed by atoms with Crippen LogP contribution in [-0.2, 0) is 13.1 Å². The molecule has 0 fully saturated rings. The minimum atomic E-state index is -0.422. The molecular weight excluding hydrogens is 330 g/mol. The third kappa shape index (κ3) is 2.69. The molecule has 124 valence electrons. The first-order valence-electron chi connectivity index (χ1n) is 7.46. The molecule has 0 saturated heterocycles. The van der Waals surface area contributed by atoms with Crippen LogP contribution in [0.15, 0.2) is 35.3 Å². The maximum atomic E-state index is 12.6. The quantitative estimate of drug-likeness (QED) is 0.667. The lowest BCUT2D eigenvalue weighted by Gasteiger charge is -2.10. The lowest BCUT2D eigenvalue weighted by Crippen LogP contribution is -2.24. The molecule has 7 heteroatoms. The van der Waals surface area contributed by atoms with Crippen LogP contribution in [0.2, 0.25) is 5.02 Å². The highest BCUT2D eigenvalue weighted by atomic mass is 35.5. The highest BCUT2D eigenvalue weighted by molar-refractivity contribution is 6.37. The Labute approximate surface area is 143 Å². The van der Waals surface area contributed by atoms with E-state index in [-0.39, 0.29) is 10.6 Å². The van der Waals surface area contributed by atoms with Crippen LogP contribution in [0.1, 0.15) is 22.8 Å². The fraction of sp³-hybridized carbons (Fsp3) is 0.235. The third-order valence-electron chi connectivity index (χ3n) is 3.89. The molecule has 0 atom stereocenters. The lowest BCUT2D eigenvalue weighted by molar-refractivity contribution is 0.112. The zero-order chi connectivity index (χ0) is 17.3. The van der Waals surface area contributed by atoms with Gasteiger partial charge in [-0.1, -0.05) is 23.7 Å². The topological polar surface area (TPSA) is 66.1 Å². The van der Waals surface area contributed by atoms with E-state index in [1.165, 1.54) is 4.57 Å². The van der Waals surface area contributed by atoms with Crippen LogP contribution < -0.4 is 10.3 Å². The predicted octanol–water partition coefficient (Wildman–Crippen LogP) is 2.74. The highest BCUT2D eigenvalue weighted by Crippen LogP contribution is 2.24. The first-order chi connectivity index (χ1) is 11.6. The fourth-order valence-corrected chi connectivity index (χ4v) is 2.84. The van der Waals surface area contributed by atoms with E-state index in [2.05, 4.69) is 5.10 Å². The maximum absolute atomic E-state index is 12.6. The van der Waals surface area contributed by atoms with Crippen molar-refractivity contribution in [1.29, 1.82) is 0 Å². The number of methoxy groups -OCH3 is 1. The molecule has 6 nitrogen and oxygen atoms in total. The normalized spacial score (nSPS) is 11.0. The largest absolute Gasteiger partial charge is 0.497 e. The summed E-state index contributed by atoms with van der Waals surface area (Å²) in [6.07, 6.45) is 2.25. The number of rotatable bonds is 5. The first kappa shape index (κ1) is 16.3. The van der Waals surface area contributed by atoms with Crippen LogP contribution in [-0.4, -0.2) is 27.7 Å². The SMILES string of the molecule is CCn1cc2c(n1)c(Cl)c(C=O)c(=O)n2Cc1ccc(OC)cc1. The molecule has 2 heterocycles. The van der Waals surface area contributed by atoms with Gasteiger partial charge in [-0.05, 0) is 24.6 Å². The van der Waals surface area contributed by atoms with Gasteiger partial charge in [0.15, 0.2) is 6.29 Å². The van der Waals surface area contributed by atoms with Crippen molar-refractivity contribution in [2.24, 2.45) is 0 Å². The molecule has 0 spiro atoms. The molecule has 1 aromatic carbocycles. The summed E-state index contributed by atoms with van der Waals surface area (Å²) in [5.41, 5.74) is 1.47. The fourth-order valence-electron chi connectivity index (χ4n) is 2.58. The number of aromatic nitrogens is 3. The second-order valence-electron chi connectivity index (χ2n) is 5.30. The van der Waals surface area contributed by atoms with Crippen LogP contribution in [0.5, 0.6) is 5.75 Å². The summed E-state index contributed by atoms with van der Waals surface area (Å²) >= 11 is 6.19. The Morgan fingerprint density at radius 1 is 1.29 bits per heavy atom. The third-order valence-corrected chi connectivity index (χ3v) is 4.28. The summed E-state index contributed by atoms with van der Waals surface area (Å²) in [5, 5.41) is 4.46. The van der Waals surface area contributed by atoms with Crippen LogP contribution in [0, 0.1) is 0 Å². The van der Waals surface area contributed by atoms with E-state index in [0.29, 0.717) is 30.4 Å². The maximum Gasteiger partial charge on any atom is 0.263 e. The number of ether oxygens (including phenoxy) is 1. The summed E-state index contributed by atoms with van der Waals surface area (Å²) in [6.45, 7) is 2.89. The van der Waals surface area contributed by atoms with Gasteiger partial charge in [-0.25, -0.2) is 0 Å². The molecule has 3 aromatic rings. The van der Waals surface area contributed by atoms with E-state index < -0.39 is 5.56 Å². The predicted molar refractivity (Wildman–Crippen MR) is 92.2 cm³/mol. The smallest absolute Gasteiger partial charge is 0.263 e. The lowest BCUT2D eigenvalue weighted by atomic mass is 10.2. The molecule has 3 rings (SSSR count). The van der Waals surface area contributed by atoms with Gasteiger partial charge in [0, 0.05) is 12.7 Å². The second-order valence-corrected chi connectivity index (χ2v) is 5.68. The number of nitrogens with zero attached hydrogens (tertiary/aromatic N) is 3. The van der Waals surface area contributed by atoms with E-state index in [4.69, 9.17) is 16.3 Å². The number of carbonyl (C=O) groups excluding carboxylic acids is 1. The van der Waals surface area contributed by atoms with E-state index in [1.54, 1.807) is 18.0 Å². The number of aryl methyl sites for hydroxylation is 1. The number of hydrogen-bond acceptors (Lipinski definition) is 4. The zero-order valence-electron chi connectivity index (χ0n) is 13.3. The standard InChI is InChI=1S/C17H16ClN3O3/c1-3-20-9-14-16(19-20)15(18)13(10-22)17(23)21(14)8-11-4-6-12(24-2)7-5-11/h4-7,9-10H,3,8H2,1-2H3. The monoisotopic (exact) mass is 345 g/mol. The minimum Gasteiger partial charge on any atom is -0.497 e. The van der Waals surface area contributed by atoms with Crippen LogP contribution in [0.4, 0.5) is 0 Å². The Hall–Kier alpha value is -2.60. The summed E-state index contributed by atoms with van der Waals surface area (Å²) in [4.78, 5) is 24.0. The number of halogens is 1. The summed E-state index contributed by atoms with van der Waals surface area (Å²) in [7, 11) is 1.59. The van der Waals surface area contributed by atoms with E-state index in [9.17, 15) is 9.59 Å². The van der Waals surface area contributed by atoms with Gasteiger partial charge in [-0.3, -0.25) is 14.3 Å². The van der Waals surface area contributed by atoms with Gasteiger partial charge in [0.05, 0.1) is 24.2 Å². The van der Waals surface area contributed by atoms with Crippen LogP contribution >= 0.6 is 11.6 Å². The zero-order valence-corrected chi connectivity index (χ0v) is 14.1. The molecule has 0 aliphatic heterocycles. The van der Waals surface area contributed by atoms with Gasteiger partial charge in [0.2, 0.25) is 0 Å². The molecule has 0 amide bonds. The Bertz CT molecular complexity index is 958. The average Bonchev–Trinajstić information content (AvgIpc) is 3.04. The van der Waals surface area contributed by atoms with Gasteiger partial charge in [-0.15, -0.1) is 0 Å². The molecule has 0 bridgehead atoms. The highest BCUT2D eigenvalue weighted by Gasteiger charge is 2.18. The number of benzene rings is 1. The first-order valence-corrected chi connectivity index (χ1v) is 7.84. The molecule has 0 unspecified atom stereocenters. The summed E-state index contributed by atoms with van der Waals surface area (Å²) < 4.78 is 8.35. The molecule has 0 saturated carbocycles. The van der Waals surface area contributed by atoms with Gasteiger partial charge >= 0.3 is 0 Å². The van der Waals surface area contributed by atoms with Crippen LogP contribution in [0.3, 0.4) is 0 Å². The van der Waals surface area contributed by atoms with Crippen molar-refractivity contribution in [3.05, 3.63) is 57.0 Å². The Balaban J connectivity index is 2.19. The van der Waals surface area contributed by atoms with Crippen molar-refractivity contribution in [2.75, 3.05) is 7.11 Å². The molecule has 0 aliphatic carbocycles. The van der Waals surface area contributed by atoms with Crippen molar-refractivity contribution >= 4 is 28.9 Å². The summed E-state index contributed by atoms with van der Waals surface area (Å²) in [5.74, 6) is 0.736. The van der Waals surface area contributed by atoms with Crippen LogP contribution in [0.25, 0.3) is 11.0 Å². The Morgan fingerprint density at radius 3 is 2.58 bits per heavy atom. The van der Waals surface area contributed by atoms with E-state index >= 15 is 0 Å². The molecule has 0 radical (unpaired) electrons. The van der Waals surface area contributed by atoms with E-state index in [1.807, 2.05) is 31.2 Å². The van der Waals surface area contributed by atoms with Crippen molar-refractivity contribution in [3.8, 4) is 5.75 Å². The number of aldehydes is 1. The Kier molecular flexibility index (Phi) is 4.40. The molecule has 0 N–H and O–H groups in total. The van der Waals surface area contributed by atoms with Crippen molar-refractivity contribution in [3.63, 3.8) is 0 Å². The molecule has 0 aliphatic rings. The average molecular weight is 346 g/mol. The van der Waals surface area contributed by atoms with E-state index in [0.717, 1.165) is 11.3 Å². The van der Waals surface area contributed by atoms with Gasteiger partial charge in [0.1, 0.15) is 16.8 Å². The number of fused-ring (bicyclic) bond motifs is 1. The number of hydrogen-bond donors (Lipinski definition) is 0. The van der Waals surface area contributed by atoms with Gasteiger partial charge in [0.25, 0.3) is 5.56 Å². The minimum absolute atomic E-state index is 0.0703.